The van der Waals surface area contributed by atoms with Crippen LogP contribution in [0.25, 0.3) is 0 Å². The number of carbonyl (C=O) groups excluding carboxylic acids is 2. The third-order valence-corrected chi connectivity index (χ3v) is 7.86. The van der Waals surface area contributed by atoms with Gasteiger partial charge in [-0.3, -0.25) is 14.6 Å². The molecule has 146 valence electrons. The summed E-state index contributed by atoms with van der Waals surface area (Å²) in [7, 11) is -0.478. The van der Waals surface area contributed by atoms with Crippen LogP contribution in [0.2, 0.25) is 0 Å². The van der Waals surface area contributed by atoms with Crippen molar-refractivity contribution >= 4 is 21.8 Å². The van der Waals surface area contributed by atoms with Gasteiger partial charge in [-0.15, -0.1) is 0 Å². The Hall–Kier alpha value is -2.04. The Labute approximate surface area is 157 Å². The van der Waals surface area contributed by atoms with Gasteiger partial charge in [0.25, 0.3) is 5.91 Å². The van der Waals surface area contributed by atoms with Crippen molar-refractivity contribution in [3.05, 3.63) is 30.1 Å². The minimum absolute atomic E-state index is 0.0935. The van der Waals surface area contributed by atoms with Gasteiger partial charge in [0.1, 0.15) is 10.9 Å². The summed E-state index contributed by atoms with van der Waals surface area (Å²) in [5, 5.41) is -0.722. The molecule has 4 heterocycles. The highest BCUT2D eigenvalue weighted by Gasteiger charge is 2.65. The van der Waals surface area contributed by atoms with Crippen molar-refractivity contribution in [2.75, 3.05) is 40.3 Å². The van der Waals surface area contributed by atoms with Gasteiger partial charge in [0.15, 0.2) is 0 Å². The standard InChI is InChI=1S/C17H22N4O5S/c1-19(2)15(22)9-21-11-17-10-20(16(23)12-3-5-18-6-4-12)8-13(26-17)7-14(17)27(21,24)25/h3-6,13-14H,7-11H2,1-2H3/t13-,14+,17+/m1/s1. The Morgan fingerprint density at radius 2 is 2.00 bits per heavy atom. The van der Waals surface area contributed by atoms with E-state index in [1.54, 1.807) is 43.5 Å². The predicted molar refractivity (Wildman–Crippen MR) is 95.3 cm³/mol. The molecule has 0 radical (unpaired) electrons. The van der Waals surface area contributed by atoms with E-state index in [2.05, 4.69) is 4.98 Å². The molecule has 0 aliphatic carbocycles. The van der Waals surface area contributed by atoms with Crippen LogP contribution in [0.1, 0.15) is 16.8 Å². The Morgan fingerprint density at radius 3 is 2.67 bits per heavy atom. The molecule has 27 heavy (non-hydrogen) atoms. The lowest BCUT2D eigenvalue weighted by molar-refractivity contribution is -0.130. The summed E-state index contributed by atoms with van der Waals surface area (Å²) in [5.41, 5.74) is -0.462. The number of rotatable bonds is 3. The molecule has 3 aliphatic heterocycles. The van der Waals surface area contributed by atoms with Gasteiger partial charge in [0.2, 0.25) is 15.9 Å². The molecule has 3 aliphatic rings. The molecule has 3 saturated heterocycles. The van der Waals surface area contributed by atoms with Crippen molar-refractivity contribution in [3.63, 3.8) is 0 Å². The lowest BCUT2D eigenvalue weighted by Crippen LogP contribution is -2.56. The molecule has 3 atom stereocenters. The molecule has 0 saturated carbocycles. The highest BCUT2D eigenvalue weighted by atomic mass is 32.2. The molecule has 2 amide bonds. The molecule has 1 spiro atoms. The zero-order valence-corrected chi connectivity index (χ0v) is 16.1. The summed E-state index contributed by atoms with van der Waals surface area (Å²) in [5.74, 6) is -0.446. The number of aromatic nitrogens is 1. The van der Waals surface area contributed by atoms with Crippen LogP contribution in [0.5, 0.6) is 0 Å². The fraction of sp³-hybridized carbons (Fsp3) is 0.588. The quantitative estimate of drug-likeness (QED) is 0.663. The summed E-state index contributed by atoms with van der Waals surface area (Å²) in [6.45, 7) is 0.447. The van der Waals surface area contributed by atoms with Crippen LogP contribution in [0.15, 0.2) is 24.5 Å². The number of likely N-dealkylation sites (N-methyl/N-ethyl adjacent to an activating group) is 1. The van der Waals surface area contributed by atoms with Crippen molar-refractivity contribution in [2.24, 2.45) is 0 Å². The highest BCUT2D eigenvalue weighted by molar-refractivity contribution is 7.90. The number of morpholine rings is 1. The number of nitrogens with zero attached hydrogens (tertiary/aromatic N) is 4. The number of sulfonamides is 1. The van der Waals surface area contributed by atoms with Crippen LogP contribution in [0.3, 0.4) is 0 Å². The zero-order chi connectivity index (χ0) is 19.4. The van der Waals surface area contributed by atoms with E-state index in [4.69, 9.17) is 4.74 Å². The van der Waals surface area contributed by atoms with E-state index in [1.807, 2.05) is 0 Å². The number of carbonyl (C=O) groups is 2. The molecule has 1 aromatic heterocycles. The SMILES string of the molecule is CN(C)C(=O)CN1C[C@@]23CN(C(=O)c4ccncc4)C[C@@H](C[C@@H]2S1(=O)=O)O3. The maximum Gasteiger partial charge on any atom is 0.254 e. The fourth-order valence-electron chi connectivity index (χ4n) is 4.21. The van der Waals surface area contributed by atoms with Crippen molar-refractivity contribution in [1.82, 2.24) is 19.1 Å². The zero-order valence-electron chi connectivity index (χ0n) is 15.2. The number of hydrogen-bond acceptors (Lipinski definition) is 6. The second-order valence-electron chi connectivity index (χ2n) is 7.55. The van der Waals surface area contributed by atoms with E-state index in [0.29, 0.717) is 18.5 Å². The monoisotopic (exact) mass is 394 g/mol. The fourth-order valence-corrected chi connectivity index (χ4v) is 6.47. The van der Waals surface area contributed by atoms with E-state index in [-0.39, 0.29) is 37.6 Å². The third-order valence-electron chi connectivity index (χ3n) is 5.54. The van der Waals surface area contributed by atoms with E-state index >= 15 is 0 Å². The summed E-state index contributed by atoms with van der Waals surface area (Å²) in [6.07, 6.45) is 3.14. The maximum atomic E-state index is 13.0. The summed E-state index contributed by atoms with van der Waals surface area (Å²) in [4.78, 5) is 31.8. The molecule has 2 bridgehead atoms. The van der Waals surface area contributed by atoms with E-state index in [9.17, 15) is 18.0 Å². The van der Waals surface area contributed by atoms with Crippen LogP contribution in [-0.4, -0.2) is 96.6 Å². The van der Waals surface area contributed by atoms with Crippen LogP contribution < -0.4 is 0 Å². The molecule has 10 heteroatoms. The second kappa shape index (κ2) is 6.25. The first-order valence-corrected chi connectivity index (χ1v) is 10.3. The minimum Gasteiger partial charge on any atom is -0.365 e. The van der Waals surface area contributed by atoms with Crippen LogP contribution >= 0.6 is 0 Å². The Balaban J connectivity index is 1.59. The molecular weight excluding hydrogens is 372 g/mol. The summed E-state index contributed by atoms with van der Waals surface area (Å²) < 4.78 is 33.2. The van der Waals surface area contributed by atoms with Gasteiger partial charge < -0.3 is 14.5 Å². The van der Waals surface area contributed by atoms with Gasteiger partial charge in [-0.05, 0) is 18.6 Å². The smallest absolute Gasteiger partial charge is 0.254 e. The number of likely N-dealkylation sites (tertiary alicyclic amines) is 1. The van der Waals surface area contributed by atoms with Crippen molar-refractivity contribution in [1.29, 1.82) is 0 Å². The van der Waals surface area contributed by atoms with Crippen molar-refractivity contribution in [3.8, 4) is 0 Å². The van der Waals surface area contributed by atoms with E-state index in [0.717, 1.165) is 0 Å². The average Bonchev–Trinajstić information content (AvgIpc) is 3.00. The third kappa shape index (κ3) is 2.91. The maximum absolute atomic E-state index is 13.0. The number of fused-ring (bicyclic) bond motifs is 1. The van der Waals surface area contributed by atoms with Gasteiger partial charge in [-0.25, -0.2) is 8.42 Å². The van der Waals surface area contributed by atoms with Crippen molar-refractivity contribution in [2.45, 2.75) is 23.4 Å². The summed E-state index contributed by atoms with van der Waals surface area (Å²) >= 11 is 0. The first-order chi connectivity index (χ1) is 12.7. The molecule has 0 aromatic carbocycles. The van der Waals surface area contributed by atoms with Crippen LogP contribution in [0.4, 0.5) is 0 Å². The lowest BCUT2D eigenvalue weighted by Gasteiger charge is -2.39. The van der Waals surface area contributed by atoms with Gasteiger partial charge in [0.05, 0.1) is 19.2 Å². The van der Waals surface area contributed by atoms with Crippen molar-refractivity contribution < 1.29 is 22.7 Å². The average molecular weight is 394 g/mol. The number of pyridine rings is 1. The largest absolute Gasteiger partial charge is 0.365 e. The summed E-state index contributed by atoms with van der Waals surface area (Å²) in [6, 6.07) is 3.28. The lowest BCUT2D eigenvalue weighted by atomic mass is 9.99. The topological polar surface area (TPSA) is 100 Å². The molecule has 0 N–H and O–H groups in total. The molecular formula is C17H22N4O5S. The first kappa shape index (κ1) is 18.3. The van der Waals surface area contributed by atoms with Crippen LogP contribution in [0, 0.1) is 0 Å². The normalized spacial score (nSPS) is 31.6. The highest BCUT2D eigenvalue weighted by Crippen LogP contribution is 2.46. The van der Waals surface area contributed by atoms with Gasteiger partial charge >= 0.3 is 0 Å². The second-order valence-corrected chi connectivity index (χ2v) is 9.67. The predicted octanol–water partition coefficient (Wildman–Crippen LogP) is -0.833. The number of amides is 2. The molecule has 0 unspecified atom stereocenters. The van der Waals surface area contributed by atoms with Crippen LogP contribution in [-0.2, 0) is 19.6 Å². The molecule has 9 nitrogen and oxygen atoms in total. The first-order valence-electron chi connectivity index (χ1n) is 8.79. The Bertz CT molecular complexity index is 875. The molecule has 1 aromatic rings. The Kier molecular flexibility index (Phi) is 4.24. The minimum atomic E-state index is -3.66. The van der Waals surface area contributed by atoms with E-state index < -0.39 is 20.9 Å². The number of hydrogen-bond donors (Lipinski definition) is 0. The molecule has 4 rings (SSSR count). The van der Waals surface area contributed by atoms with Gasteiger partial charge in [0, 0.05) is 45.1 Å². The Morgan fingerprint density at radius 1 is 1.30 bits per heavy atom. The van der Waals surface area contributed by atoms with Gasteiger partial charge in [-0.1, -0.05) is 0 Å². The van der Waals surface area contributed by atoms with E-state index in [1.165, 1.54) is 9.21 Å². The van der Waals surface area contributed by atoms with Gasteiger partial charge in [-0.2, -0.15) is 4.31 Å². The molecule has 3 fully saturated rings. The number of ether oxygens (including phenoxy) is 1.